The van der Waals surface area contributed by atoms with Crippen LogP contribution in [0.4, 0.5) is 0 Å². The fourth-order valence-corrected chi connectivity index (χ4v) is 5.30. The highest BCUT2D eigenvalue weighted by Crippen LogP contribution is 2.48. The molecule has 3 unspecified atom stereocenters. The van der Waals surface area contributed by atoms with Gasteiger partial charge in [0.05, 0.1) is 18.2 Å². The lowest BCUT2D eigenvalue weighted by molar-refractivity contribution is -0.133. The van der Waals surface area contributed by atoms with Crippen LogP contribution in [0, 0.1) is 5.41 Å². The number of nitrogens with zero attached hydrogens (tertiary/aromatic N) is 1. The van der Waals surface area contributed by atoms with Crippen molar-refractivity contribution >= 4 is 41.7 Å². The first-order valence-corrected chi connectivity index (χ1v) is 10.7. The largest absolute Gasteiger partial charge is 0.387 e. The Kier molecular flexibility index (Phi) is 9.85. The van der Waals surface area contributed by atoms with Crippen LogP contribution in [0.25, 0.3) is 0 Å². The van der Waals surface area contributed by atoms with Gasteiger partial charge in [0.15, 0.2) is 5.96 Å². The van der Waals surface area contributed by atoms with Gasteiger partial charge >= 0.3 is 0 Å². The highest BCUT2D eigenvalue weighted by atomic mass is 127. The van der Waals surface area contributed by atoms with Crippen LogP contribution in [-0.4, -0.2) is 60.0 Å². The summed E-state index contributed by atoms with van der Waals surface area (Å²) in [6.45, 7) is 10.7. The number of aliphatic imine (C=N–C) groups is 1. The first-order valence-electron chi connectivity index (χ1n) is 9.50. The third-order valence-electron chi connectivity index (χ3n) is 5.74. The topological polar surface area (TPSA) is 65.9 Å². The van der Waals surface area contributed by atoms with Crippen LogP contribution >= 0.6 is 35.7 Å². The van der Waals surface area contributed by atoms with E-state index in [9.17, 15) is 5.11 Å². The monoisotopic (exact) mass is 485 g/mol. The molecule has 0 aromatic carbocycles. The van der Waals surface area contributed by atoms with Gasteiger partial charge in [-0.25, -0.2) is 0 Å². The zero-order chi connectivity index (χ0) is 17.6. The fourth-order valence-electron chi connectivity index (χ4n) is 4.02. The molecule has 3 atom stereocenters. The fraction of sp³-hybridized carbons (Fsp3) is 0.944. The Morgan fingerprint density at radius 3 is 2.52 bits per heavy atom. The van der Waals surface area contributed by atoms with E-state index in [1.807, 2.05) is 11.8 Å². The molecule has 0 aromatic heterocycles. The molecule has 2 aliphatic rings. The number of rotatable bonds is 8. The van der Waals surface area contributed by atoms with E-state index in [2.05, 4.69) is 43.3 Å². The highest BCUT2D eigenvalue weighted by Gasteiger charge is 2.53. The van der Waals surface area contributed by atoms with Crippen molar-refractivity contribution in [1.29, 1.82) is 0 Å². The van der Waals surface area contributed by atoms with Crippen LogP contribution in [0.2, 0.25) is 0 Å². The van der Waals surface area contributed by atoms with Crippen LogP contribution in [0.15, 0.2) is 4.99 Å². The van der Waals surface area contributed by atoms with E-state index in [1.54, 1.807) is 0 Å². The summed E-state index contributed by atoms with van der Waals surface area (Å²) < 4.78 is 5.96. The molecule has 0 spiro atoms. The Balaban J connectivity index is 0.00000312. The summed E-state index contributed by atoms with van der Waals surface area (Å²) in [6, 6.07) is 0.384. The van der Waals surface area contributed by atoms with Crippen LogP contribution in [0.5, 0.6) is 0 Å². The number of hydrogen-bond donors (Lipinski definition) is 3. The Bertz CT molecular complexity index is 427. The van der Waals surface area contributed by atoms with Crippen LogP contribution in [-0.2, 0) is 4.74 Å². The quantitative estimate of drug-likeness (QED) is 0.280. The molecule has 1 saturated heterocycles. The second-order valence-electron chi connectivity index (χ2n) is 7.04. The standard InChI is InChI=1S/C18H35N3O2S.HI/c1-5-18(6-2)14(11-15(18)23-8-4)21-16(19-7-3)20-12-17(22)9-10-24-13-17;/h14-15,22H,5-13H2,1-4H3,(H2,19,20,21);1H. The number of guanidine groups is 1. The average Bonchev–Trinajstić information content (AvgIpc) is 3.00. The second kappa shape index (κ2) is 10.6. The molecule has 2 fully saturated rings. The van der Waals surface area contributed by atoms with E-state index in [0.717, 1.165) is 56.3 Å². The Morgan fingerprint density at radius 2 is 2.00 bits per heavy atom. The summed E-state index contributed by atoms with van der Waals surface area (Å²) >= 11 is 1.81. The van der Waals surface area contributed by atoms with E-state index in [-0.39, 0.29) is 29.4 Å². The molecular weight excluding hydrogens is 449 g/mol. The van der Waals surface area contributed by atoms with Gasteiger partial charge in [-0.2, -0.15) is 11.8 Å². The summed E-state index contributed by atoms with van der Waals surface area (Å²) in [5, 5.41) is 17.5. The Hall–Kier alpha value is 0.270. The molecule has 1 aliphatic carbocycles. The van der Waals surface area contributed by atoms with Gasteiger partial charge in [0.2, 0.25) is 0 Å². The minimum absolute atomic E-state index is 0. The molecule has 2 rings (SSSR count). The summed E-state index contributed by atoms with van der Waals surface area (Å²) in [4.78, 5) is 4.68. The number of nitrogens with one attached hydrogen (secondary N) is 2. The molecule has 25 heavy (non-hydrogen) atoms. The van der Waals surface area contributed by atoms with E-state index >= 15 is 0 Å². The normalized spacial score (nSPS) is 31.2. The van der Waals surface area contributed by atoms with Crippen molar-refractivity contribution < 1.29 is 9.84 Å². The van der Waals surface area contributed by atoms with Crippen molar-refractivity contribution in [2.45, 2.75) is 71.1 Å². The lowest BCUT2D eigenvalue weighted by Gasteiger charge is -2.55. The average molecular weight is 485 g/mol. The van der Waals surface area contributed by atoms with Crippen molar-refractivity contribution in [2.75, 3.05) is 31.2 Å². The molecule has 1 saturated carbocycles. The molecule has 0 bridgehead atoms. The SMILES string of the molecule is CCNC(=NCC1(O)CCSC1)NC1CC(OCC)C1(CC)CC.I. The summed E-state index contributed by atoms with van der Waals surface area (Å²) in [6.07, 6.45) is 4.41. The summed E-state index contributed by atoms with van der Waals surface area (Å²) in [7, 11) is 0. The lowest BCUT2D eigenvalue weighted by atomic mass is 9.58. The number of thioether (sulfide) groups is 1. The predicted molar refractivity (Wildman–Crippen MR) is 118 cm³/mol. The number of hydrogen-bond acceptors (Lipinski definition) is 4. The third kappa shape index (κ3) is 5.39. The van der Waals surface area contributed by atoms with Gasteiger partial charge in [-0.15, -0.1) is 24.0 Å². The molecule has 7 heteroatoms. The predicted octanol–water partition coefficient (Wildman–Crippen LogP) is 3.01. The van der Waals surface area contributed by atoms with Crippen molar-refractivity contribution in [3.05, 3.63) is 0 Å². The van der Waals surface area contributed by atoms with Crippen molar-refractivity contribution in [1.82, 2.24) is 10.6 Å². The number of aliphatic hydroxyl groups is 1. The van der Waals surface area contributed by atoms with Crippen molar-refractivity contribution in [3.8, 4) is 0 Å². The molecule has 3 N–H and O–H groups in total. The van der Waals surface area contributed by atoms with Crippen LogP contribution < -0.4 is 10.6 Å². The minimum Gasteiger partial charge on any atom is -0.387 e. The van der Waals surface area contributed by atoms with E-state index < -0.39 is 5.60 Å². The Labute approximate surface area is 174 Å². The van der Waals surface area contributed by atoms with E-state index in [4.69, 9.17) is 4.74 Å². The van der Waals surface area contributed by atoms with Crippen LogP contribution in [0.1, 0.15) is 53.4 Å². The first-order chi connectivity index (χ1) is 11.5. The van der Waals surface area contributed by atoms with Gasteiger partial charge < -0.3 is 20.5 Å². The molecule has 5 nitrogen and oxygen atoms in total. The van der Waals surface area contributed by atoms with Gasteiger partial charge in [0, 0.05) is 30.4 Å². The molecule has 1 aliphatic heterocycles. The van der Waals surface area contributed by atoms with E-state index in [0.29, 0.717) is 18.7 Å². The molecular formula is C18H36IN3O2S. The number of halogens is 1. The van der Waals surface area contributed by atoms with Crippen molar-refractivity contribution in [3.63, 3.8) is 0 Å². The molecule has 0 aromatic rings. The summed E-state index contributed by atoms with van der Waals surface area (Å²) in [5.74, 6) is 2.65. The van der Waals surface area contributed by atoms with Crippen LogP contribution in [0.3, 0.4) is 0 Å². The Morgan fingerprint density at radius 1 is 1.28 bits per heavy atom. The van der Waals surface area contributed by atoms with Gasteiger partial charge in [0.25, 0.3) is 0 Å². The van der Waals surface area contributed by atoms with E-state index in [1.165, 1.54) is 0 Å². The highest BCUT2D eigenvalue weighted by molar-refractivity contribution is 14.0. The second-order valence-corrected chi connectivity index (χ2v) is 8.14. The van der Waals surface area contributed by atoms with Gasteiger partial charge in [-0.1, -0.05) is 13.8 Å². The maximum Gasteiger partial charge on any atom is 0.191 e. The first kappa shape index (κ1) is 23.3. The molecule has 148 valence electrons. The molecule has 0 radical (unpaired) electrons. The molecule has 1 heterocycles. The van der Waals surface area contributed by atoms with Gasteiger partial charge in [0.1, 0.15) is 0 Å². The number of ether oxygens (including phenoxy) is 1. The van der Waals surface area contributed by atoms with Gasteiger partial charge in [-0.05, 0) is 45.3 Å². The smallest absolute Gasteiger partial charge is 0.191 e. The van der Waals surface area contributed by atoms with Gasteiger partial charge in [-0.3, -0.25) is 4.99 Å². The maximum absolute atomic E-state index is 10.5. The minimum atomic E-state index is -0.632. The third-order valence-corrected chi connectivity index (χ3v) is 6.97. The lowest BCUT2D eigenvalue weighted by Crippen LogP contribution is -2.65. The zero-order valence-electron chi connectivity index (χ0n) is 16.1. The zero-order valence-corrected chi connectivity index (χ0v) is 19.3. The molecule has 0 amide bonds. The van der Waals surface area contributed by atoms with Crippen molar-refractivity contribution in [2.24, 2.45) is 10.4 Å². The summed E-state index contributed by atoms with van der Waals surface area (Å²) in [5.41, 5.74) is -0.445. The maximum atomic E-state index is 10.5.